The number of benzene rings is 1. The van der Waals surface area contributed by atoms with Crippen LogP contribution < -0.4 is 10.6 Å². The summed E-state index contributed by atoms with van der Waals surface area (Å²) in [6.07, 6.45) is 2.77. The van der Waals surface area contributed by atoms with E-state index in [4.69, 9.17) is 14.5 Å². The van der Waals surface area contributed by atoms with Gasteiger partial charge in [-0.05, 0) is 51.7 Å². The fraction of sp³-hybridized carbons (Fsp3) is 0.696. The van der Waals surface area contributed by atoms with Crippen LogP contribution in [0.4, 0.5) is 0 Å². The number of nitrogens with one attached hydrogen (secondary N) is 2. The van der Waals surface area contributed by atoms with E-state index >= 15 is 0 Å². The zero-order valence-corrected chi connectivity index (χ0v) is 18.7. The molecular formula is C23H40N4O2. The van der Waals surface area contributed by atoms with Gasteiger partial charge in [0.05, 0.1) is 18.8 Å². The summed E-state index contributed by atoms with van der Waals surface area (Å²) in [4.78, 5) is 7.20. The normalized spacial score (nSPS) is 20.6. The molecule has 29 heavy (non-hydrogen) atoms. The van der Waals surface area contributed by atoms with Gasteiger partial charge in [0.15, 0.2) is 5.96 Å². The summed E-state index contributed by atoms with van der Waals surface area (Å²) in [6, 6.07) is 8.84. The third-order valence-electron chi connectivity index (χ3n) is 4.90. The van der Waals surface area contributed by atoms with Crippen LogP contribution in [0, 0.1) is 0 Å². The second kappa shape index (κ2) is 13.6. The number of morpholine rings is 1. The third-order valence-corrected chi connectivity index (χ3v) is 4.90. The molecule has 0 bridgehead atoms. The zero-order chi connectivity index (χ0) is 20.9. The Balaban J connectivity index is 1.78. The average Bonchev–Trinajstić information content (AvgIpc) is 2.69. The van der Waals surface area contributed by atoms with Gasteiger partial charge in [-0.1, -0.05) is 24.3 Å². The van der Waals surface area contributed by atoms with Crippen molar-refractivity contribution in [1.29, 1.82) is 0 Å². The molecule has 1 aliphatic heterocycles. The second-order valence-corrected chi connectivity index (χ2v) is 7.79. The number of ether oxygens (including phenoxy) is 2. The van der Waals surface area contributed by atoms with Crippen molar-refractivity contribution in [2.24, 2.45) is 4.99 Å². The molecule has 2 unspecified atom stereocenters. The van der Waals surface area contributed by atoms with Crippen LogP contribution in [0.1, 0.15) is 51.7 Å². The van der Waals surface area contributed by atoms with Gasteiger partial charge in [0.2, 0.25) is 0 Å². The molecule has 6 nitrogen and oxygen atoms in total. The van der Waals surface area contributed by atoms with Crippen molar-refractivity contribution in [3.05, 3.63) is 35.4 Å². The molecule has 1 aromatic rings. The van der Waals surface area contributed by atoms with Gasteiger partial charge in [-0.2, -0.15) is 0 Å². The monoisotopic (exact) mass is 404 g/mol. The Morgan fingerprint density at radius 3 is 2.41 bits per heavy atom. The van der Waals surface area contributed by atoms with E-state index in [0.717, 1.165) is 64.7 Å². The van der Waals surface area contributed by atoms with Crippen molar-refractivity contribution in [1.82, 2.24) is 15.5 Å². The molecule has 164 valence electrons. The largest absolute Gasteiger partial charge is 0.382 e. The van der Waals surface area contributed by atoms with Crippen LogP contribution >= 0.6 is 0 Å². The Kier molecular flexibility index (Phi) is 11.1. The van der Waals surface area contributed by atoms with Gasteiger partial charge in [-0.3, -0.25) is 4.90 Å². The SMILES string of the molecule is CCNC(=NCc1ccc(CN2CC(C)OC(C)C2)cc1)NCCCCOCC. The maximum Gasteiger partial charge on any atom is 0.191 e. The zero-order valence-electron chi connectivity index (χ0n) is 18.7. The molecule has 0 amide bonds. The predicted octanol–water partition coefficient (Wildman–Crippen LogP) is 3.17. The lowest BCUT2D eigenvalue weighted by molar-refractivity contribution is -0.0704. The molecule has 1 saturated heterocycles. The number of aliphatic imine (C=N–C) groups is 1. The average molecular weight is 405 g/mol. The summed E-state index contributed by atoms with van der Waals surface area (Å²) in [6.45, 7) is 15.5. The maximum absolute atomic E-state index is 5.83. The van der Waals surface area contributed by atoms with E-state index in [1.54, 1.807) is 0 Å². The van der Waals surface area contributed by atoms with Crippen molar-refractivity contribution in [3.63, 3.8) is 0 Å². The van der Waals surface area contributed by atoms with E-state index in [-0.39, 0.29) is 0 Å². The van der Waals surface area contributed by atoms with Crippen LogP contribution in [0.15, 0.2) is 29.3 Å². The Morgan fingerprint density at radius 1 is 1.07 bits per heavy atom. The smallest absolute Gasteiger partial charge is 0.191 e. The summed E-state index contributed by atoms with van der Waals surface area (Å²) in [5.41, 5.74) is 2.57. The molecule has 1 fully saturated rings. The van der Waals surface area contributed by atoms with Gasteiger partial charge < -0.3 is 20.1 Å². The third kappa shape index (κ3) is 9.61. The van der Waals surface area contributed by atoms with E-state index in [9.17, 15) is 0 Å². The highest BCUT2D eigenvalue weighted by molar-refractivity contribution is 5.79. The molecule has 0 aliphatic carbocycles. The second-order valence-electron chi connectivity index (χ2n) is 7.79. The van der Waals surface area contributed by atoms with Gasteiger partial charge in [-0.25, -0.2) is 4.99 Å². The topological polar surface area (TPSA) is 58.1 Å². The fourth-order valence-electron chi connectivity index (χ4n) is 3.61. The van der Waals surface area contributed by atoms with Gasteiger partial charge in [0, 0.05) is 45.9 Å². The molecule has 0 aromatic heterocycles. The van der Waals surface area contributed by atoms with Gasteiger partial charge in [0.25, 0.3) is 0 Å². The van der Waals surface area contributed by atoms with Crippen molar-refractivity contribution >= 4 is 5.96 Å². The number of unbranched alkanes of at least 4 members (excludes halogenated alkanes) is 1. The quantitative estimate of drug-likeness (QED) is 0.337. The van der Waals surface area contributed by atoms with Crippen molar-refractivity contribution < 1.29 is 9.47 Å². The molecule has 0 radical (unpaired) electrons. The first-order chi connectivity index (χ1) is 14.1. The molecule has 0 spiro atoms. The standard InChI is InChI=1S/C23H40N4O2/c1-5-24-23(25-13-7-8-14-28-6-2)26-15-21-9-11-22(12-10-21)18-27-16-19(3)29-20(4)17-27/h9-12,19-20H,5-8,13-18H2,1-4H3,(H2,24,25,26). The van der Waals surface area contributed by atoms with E-state index in [2.05, 4.69) is 60.6 Å². The van der Waals surface area contributed by atoms with Crippen LogP contribution in [0.5, 0.6) is 0 Å². The minimum absolute atomic E-state index is 0.309. The van der Waals surface area contributed by atoms with Crippen LogP contribution in [0.3, 0.4) is 0 Å². The Bertz CT molecular complexity index is 581. The Hall–Kier alpha value is -1.63. The summed E-state index contributed by atoms with van der Waals surface area (Å²) in [5, 5.41) is 6.72. The molecule has 2 N–H and O–H groups in total. The maximum atomic E-state index is 5.83. The fourth-order valence-corrected chi connectivity index (χ4v) is 3.61. The number of rotatable bonds is 11. The molecule has 1 heterocycles. The molecule has 6 heteroatoms. The van der Waals surface area contributed by atoms with E-state index in [0.29, 0.717) is 18.8 Å². The van der Waals surface area contributed by atoms with Crippen LogP contribution in [-0.2, 0) is 22.6 Å². The highest BCUT2D eigenvalue weighted by atomic mass is 16.5. The van der Waals surface area contributed by atoms with Gasteiger partial charge in [0.1, 0.15) is 0 Å². The summed E-state index contributed by atoms with van der Waals surface area (Å²) in [7, 11) is 0. The molecule has 0 saturated carbocycles. The van der Waals surface area contributed by atoms with E-state index in [1.165, 1.54) is 11.1 Å². The lowest BCUT2D eigenvalue weighted by Gasteiger charge is -2.35. The Labute approximate surface area is 177 Å². The molecule has 2 atom stereocenters. The minimum Gasteiger partial charge on any atom is -0.382 e. The van der Waals surface area contributed by atoms with Crippen LogP contribution in [0.25, 0.3) is 0 Å². The number of guanidine groups is 1. The van der Waals surface area contributed by atoms with Crippen molar-refractivity contribution in [2.45, 2.75) is 65.8 Å². The number of nitrogens with zero attached hydrogens (tertiary/aromatic N) is 2. The van der Waals surface area contributed by atoms with Gasteiger partial charge >= 0.3 is 0 Å². The molecule has 1 aliphatic rings. The summed E-state index contributed by atoms with van der Waals surface area (Å²) in [5.74, 6) is 0.879. The number of hydrogen-bond acceptors (Lipinski definition) is 4. The van der Waals surface area contributed by atoms with Crippen molar-refractivity contribution in [3.8, 4) is 0 Å². The first-order valence-corrected chi connectivity index (χ1v) is 11.2. The Morgan fingerprint density at radius 2 is 1.76 bits per heavy atom. The van der Waals surface area contributed by atoms with Crippen LogP contribution in [-0.4, -0.2) is 62.5 Å². The molecule has 1 aromatic carbocycles. The molecule has 2 rings (SSSR count). The predicted molar refractivity (Wildman–Crippen MR) is 120 cm³/mol. The van der Waals surface area contributed by atoms with E-state index < -0.39 is 0 Å². The van der Waals surface area contributed by atoms with Gasteiger partial charge in [-0.15, -0.1) is 0 Å². The minimum atomic E-state index is 0.309. The lowest BCUT2D eigenvalue weighted by atomic mass is 10.1. The first-order valence-electron chi connectivity index (χ1n) is 11.2. The highest BCUT2D eigenvalue weighted by Gasteiger charge is 2.21. The van der Waals surface area contributed by atoms with Crippen LogP contribution in [0.2, 0.25) is 0 Å². The summed E-state index contributed by atoms with van der Waals surface area (Å²) < 4.78 is 11.2. The molecular weight excluding hydrogens is 364 g/mol. The van der Waals surface area contributed by atoms with Crippen molar-refractivity contribution in [2.75, 3.05) is 39.4 Å². The number of hydrogen-bond donors (Lipinski definition) is 2. The first kappa shape index (κ1) is 23.6. The highest BCUT2D eigenvalue weighted by Crippen LogP contribution is 2.15. The lowest BCUT2D eigenvalue weighted by Crippen LogP contribution is -2.44. The van der Waals surface area contributed by atoms with E-state index in [1.807, 2.05) is 6.92 Å². The summed E-state index contributed by atoms with van der Waals surface area (Å²) >= 11 is 0.